The van der Waals surface area contributed by atoms with E-state index in [1.807, 2.05) is 26.0 Å². The van der Waals surface area contributed by atoms with Crippen LogP contribution in [0.15, 0.2) is 22.1 Å². The number of aromatic amines is 1. The zero-order valence-electron chi connectivity index (χ0n) is 11.9. The number of thiophene rings is 1. The molecule has 0 aliphatic heterocycles. The number of nitrogens with zero attached hydrogens (tertiary/aromatic N) is 2. The van der Waals surface area contributed by atoms with Gasteiger partial charge in [0.1, 0.15) is 0 Å². The van der Waals surface area contributed by atoms with E-state index in [0.29, 0.717) is 11.6 Å². The normalized spacial score (nSPS) is 10.7. The van der Waals surface area contributed by atoms with Crippen molar-refractivity contribution in [3.05, 3.63) is 32.4 Å². The Morgan fingerprint density at radius 2 is 2.33 bits per heavy atom. The van der Waals surface area contributed by atoms with E-state index in [4.69, 9.17) is 5.11 Å². The Morgan fingerprint density at radius 3 is 3.05 bits per heavy atom. The second-order valence-corrected chi connectivity index (χ2v) is 6.72. The van der Waals surface area contributed by atoms with Gasteiger partial charge in [0.15, 0.2) is 5.16 Å². The van der Waals surface area contributed by atoms with E-state index in [2.05, 4.69) is 22.0 Å². The zero-order valence-corrected chi connectivity index (χ0v) is 13.6. The molecule has 0 atom stereocenters. The third-order valence-electron chi connectivity index (χ3n) is 2.64. The summed E-state index contributed by atoms with van der Waals surface area (Å²) in [6, 6.07) is 4.10. The molecule has 0 spiro atoms. The molecular weight excluding hydrogens is 306 g/mol. The lowest BCUT2D eigenvalue weighted by Gasteiger charge is -2.07. The number of aliphatic hydroxyl groups is 1. The molecule has 0 aromatic carbocycles. The van der Waals surface area contributed by atoms with Crippen molar-refractivity contribution in [3.63, 3.8) is 0 Å². The van der Waals surface area contributed by atoms with E-state index in [-0.39, 0.29) is 18.3 Å². The smallest absolute Gasteiger partial charge is 0.344 e. The van der Waals surface area contributed by atoms with Gasteiger partial charge in [0.2, 0.25) is 0 Å². The van der Waals surface area contributed by atoms with Crippen molar-refractivity contribution in [1.29, 1.82) is 0 Å². The van der Waals surface area contributed by atoms with Crippen LogP contribution in [-0.2, 0) is 5.75 Å². The fourth-order valence-corrected chi connectivity index (χ4v) is 3.71. The summed E-state index contributed by atoms with van der Waals surface area (Å²) in [5, 5.41) is 15.9. The molecule has 2 heterocycles. The largest absolute Gasteiger partial charge is 0.395 e. The first-order valence-electron chi connectivity index (χ1n) is 6.60. The highest BCUT2D eigenvalue weighted by atomic mass is 32.2. The number of rotatable bonds is 5. The first-order chi connectivity index (χ1) is 10.1. The molecule has 112 valence electrons. The highest BCUT2D eigenvalue weighted by Crippen LogP contribution is 2.25. The Bertz CT molecular complexity index is 704. The Morgan fingerprint density at radius 1 is 1.52 bits per heavy atom. The van der Waals surface area contributed by atoms with Crippen LogP contribution in [0, 0.1) is 11.8 Å². The standard InChI is InChI=1S/C14H17N3O2S2/c1-10(2)17-13(19)15-16-14(17)20-9-12-7-6-11(21-12)5-3-4-8-18/h6-7,10,18H,4,8-9H2,1-2H3,(H,15,19). The van der Waals surface area contributed by atoms with Crippen molar-refractivity contribution in [3.8, 4) is 11.8 Å². The Labute approximate surface area is 131 Å². The fraction of sp³-hybridized carbons (Fsp3) is 0.429. The molecule has 0 saturated carbocycles. The zero-order chi connectivity index (χ0) is 15.2. The van der Waals surface area contributed by atoms with E-state index in [1.165, 1.54) is 16.6 Å². The van der Waals surface area contributed by atoms with Gasteiger partial charge < -0.3 is 5.11 Å². The Balaban J connectivity index is 2.01. The molecule has 2 rings (SSSR count). The first kappa shape index (κ1) is 15.9. The van der Waals surface area contributed by atoms with Crippen LogP contribution in [0.2, 0.25) is 0 Å². The molecule has 0 fully saturated rings. The fourth-order valence-electron chi connectivity index (χ4n) is 1.71. The Kier molecular flexibility index (Phi) is 5.67. The summed E-state index contributed by atoms with van der Waals surface area (Å²) in [5.41, 5.74) is -0.172. The van der Waals surface area contributed by atoms with Crippen molar-refractivity contribution >= 4 is 23.1 Å². The lowest BCUT2D eigenvalue weighted by Crippen LogP contribution is -2.19. The average molecular weight is 323 g/mol. The van der Waals surface area contributed by atoms with Crippen LogP contribution in [-0.4, -0.2) is 26.5 Å². The van der Waals surface area contributed by atoms with Crippen LogP contribution in [0.25, 0.3) is 0 Å². The molecule has 21 heavy (non-hydrogen) atoms. The number of hydrogen-bond acceptors (Lipinski definition) is 5. The number of H-pyrrole nitrogens is 1. The van der Waals surface area contributed by atoms with Crippen molar-refractivity contribution < 1.29 is 5.11 Å². The predicted molar refractivity (Wildman–Crippen MR) is 85.7 cm³/mol. The summed E-state index contributed by atoms with van der Waals surface area (Å²) in [6.45, 7) is 4.01. The van der Waals surface area contributed by atoms with Crippen LogP contribution in [0.5, 0.6) is 0 Å². The maximum Gasteiger partial charge on any atom is 0.344 e. The van der Waals surface area contributed by atoms with E-state index in [0.717, 1.165) is 10.6 Å². The van der Waals surface area contributed by atoms with Crippen LogP contribution >= 0.6 is 23.1 Å². The van der Waals surface area contributed by atoms with Crippen LogP contribution < -0.4 is 5.69 Å². The predicted octanol–water partition coefficient (Wildman–Crippen LogP) is 2.24. The number of thioether (sulfide) groups is 1. The minimum atomic E-state index is -0.172. The highest BCUT2D eigenvalue weighted by Gasteiger charge is 2.12. The molecule has 0 aliphatic carbocycles. The van der Waals surface area contributed by atoms with Crippen molar-refractivity contribution in [2.75, 3.05) is 6.61 Å². The summed E-state index contributed by atoms with van der Waals surface area (Å²) in [7, 11) is 0. The third-order valence-corrected chi connectivity index (χ3v) is 4.83. The van der Waals surface area contributed by atoms with Gasteiger partial charge in [-0.1, -0.05) is 23.6 Å². The maximum absolute atomic E-state index is 11.6. The van der Waals surface area contributed by atoms with Gasteiger partial charge >= 0.3 is 5.69 Å². The second-order valence-electron chi connectivity index (χ2n) is 4.61. The van der Waals surface area contributed by atoms with Gasteiger partial charge in [-0.15, -0.1) is 16.4 Å². The SMILES string of the molecule is CC(C)n1c(SCc2ccc(C#CCCO)s2)n[nH]c1=O. The molecular formula is C14H17N3O2S2. The van der Waals surface area contributed by atoms with Gasteiger partial charge in [-0.3, -0.25) is 4.57 Å². The molecule has 7 heteroatoms. The average Bonchev–Trinajstić information content (AvgIpc) is 3.03. The van der Waals surface area contributed by atoms with E-state index in [1.54, 1.807) is 15.9 Å². The maximum atomic E-state index is 11.6. The van der Waals surface area contributed by atoms with Gasteiger partial charge in [-0.25, -0.2) is 9.89 Å². The molecule has 0 unspecified atom stereocenters. The van der Waals surface area contributed by atoms with Crippen LogP contribution in [0.4, 0.5) is 0 Å². The number of nitrogens with one attached hydrogen (secondary N) is 1. The van der Waals surface area contributed by atoms with Gasteiger partial charge in [-0.2, -0.15) is 0 Å². The number of hydrogen-bond donors (Lipinski definition) is 2. The van der Waals surface area contributed by atoms with Crippen molar-refractivity contribution in [2.45, 2.75) is 37.2 Å². The van der Waals surface area contributed by atoms with Gasteiger partial charge in [0, 0.05) is 23.1 Å². The Hall–Kier alpha value is -1.49. The molecule has 2 N–H and O–H groups in total. The monoisotopic (exact) mass is 323 g/mol. The molecule has 0 radical (unpaired) electrons. The van der Waals surface area contributed by atoms with Crippen molar-refractivity contribution in [2.24, 2.45) is 0 Å². The molecule has 2 aromatic heterocycles. The van der Waals surface area contributed by atoms with Gasteiger partial charge in [0.05, 0.1) is 11.5 Å². The van der Waals surface area contributed by atoms with Crippen LogP contribution in [0.1, 0.15) is 36.1 Å². The molecule has 0 bridgehead atoms. The highest BCUT2D eigenvalue weighted by molar-refractivity contribution is 7.98. The van der Waals surface area contributed by atoms with Gasteiger partial charge in [-0.05, 0) is 26.0 Å². The lowest BCUT2D eigenvalue weighted by atomic mass is 10.4. The minimum absolute atomic E-state index is 0.0852. The van der Waals surface area contributed by atoms with E-state index in [9.17, 15) is 4.79 Å². The molecule has 0 aliphatic rings. The van der Waals surface area contributed by atoms with Crippen LogP contribution in [0.3, 0.4) is 0 Å². The topological polar surface area (TPSA) is 70.9 Å². The third kappa shape index (κ3) is 4.24. The molecule has 5 nitrogen and oxygen atoms in total. The number of aromatic nitrogens is 3. The molecule has 0 amide bonds. The molecule has 2 aromatic rings. The molecule has 0 saturated heterocycles. The van der Waals surface area contributed by atoms with Gasteiger partial charge in [0.25, 0.3) is 0 Å². The first-order valence-corrected chi connectivity index (χ1v) is 8.40. The van der Waals surface area contributed by atoms with E-state index < -0.39 is 0 Å². The quantitative estimate of drug-likeness (QED) is 0.654. The number of aliphatic hydroxyl groups excluding tert-OH is 1. The summed E-state index contributed by atoms with van der Waals surface area (Å²) < 4.78 is 1.65. The summed E-state index contributed by atoms with van der Waals surface area (Å²) in [4.78, 5) is 13.8. The van der Waals surface area contributed by atoms with E-state index >= 15 is 0 Å². The second kappa shape index (κ2) is 7.50. The summed E-state index contributed by atoms with van der Waals surface area (Å²) in [5.74, 6) is 6.68. The lowest BCUT2D eigenvalue weighted by molar-refractivity contribution is 0.305. The summed E-state index contributed by atoms with van der Waals surface area (Å²) in [6.07, 6.45) is 0.496. The minimum Gasteiger partial charge on any atom is -0.395 e. The summed E-state index contributed by atoms with van der Waals surface area (Å²) >= 11 is 3.16. The van der Waals surface area contributed by atoms with Crippen molar-refractivity contribution in [1.82, 2.24) is 14.8 Å².